The van der Waals surface area contributed by atoms with Gasteiger partial charge in [-0.2, -0.15) is 4.98 Å². The highest BCUT2D eigenvalue weighted by atomic mass is 79.9. The van der Waals surface area contributed by atoms with Crippen LogP contribution < -0.4 is 15.0 Å². The van der Waals surface area contributed by atoms with Crippen LogP contribution in [-0.4, -0.2) is 33.7 Å². The molecule has 0 fully saturated rings. The smallest absolute Gasteiger partial charge is 0.319 e. The number of rotatable bonds is 4. The molecule has 122 valence electrons. The van der Waals surface area contributed by atoms with Crippen LogP contribution in [0.1, 0.15) is 0 Å². The van der Waals surface area contributed by atoms with Crippen LogP contribution in [0.4, 0.5) is 0 Å². The molecule has 0 amide bonds. The Hall–Kier alpha value is -2.74. The lowest BCUT2D eigenvalue weighted by atomic mass is 10.1. The van der Waals surface area contributed by atoms with Gasteiger partial charge in [-0.25, -0.2) is 4.98 Å². The molecule has 0 aliphatic rings. The van der Waals surface area contributed by atoms with Crippen molar-refractivity contribution >= 4 is 15.9 Å². The van der Waals surface area contributed by atoms with Crippen molar-refractivity contribution in [3.05, 3.63) is 57.8 Å². The predicted octanol–water partition coefficient (Wildman–Crippen LogP) is 2.47. The summed E-state index contributed by atoms with van der Waals surface area (Å²) in [6, 6.07) is 5.46. The molecule has 0 aliphatic carbocycles. The Morgan fingerprint density at radius 2 is 2.04 bits per heavy atom. The highest BCUT2D eigenvalue weighted by molar-refractivity contribution is 9.10. The van der Waals surface area contributed by atoms with Crippen LogP contribution in [0.15, 0.2) is 52.3 Å². The third kappa shape index (κ3) is 3.00. The molecule has 0 spiro atoms. The van der Waals surface area contributed by atoms with E-state index < -0.39 is 0 Å². The lowest BCUT2D eigenvalue weighted by Gasteiger charge is -2.12. The maximum Gasteiger partial charge on any atom is 0.319 e. The maximum atomic E-state index is 12.4. The number of hydrogen-bond donors (Lipinski definition) is 0. The van der Waals surface area contributed by atoms with Crippen molar-refractivity contribution in [2.75, 3.05) is 14.2 Å². The van der Waals surface area contributed by atoms with Crippen LogP contribution in [-0.2, 0) is 0 Å². The monoisotopic (exact) mass is 388 g/mol. The largest absolute Gasteiger partial charge is 0.480 e. The molecule has 8 heteroatoms. The normalized spacial score (nSPS) is 10.5. The first-order valence-electron chi connectivity index (χ1n) is 6.92. The summed E-state index contributed by atoms with van der Waals surface area (Å²) in [5.41, 5.74) is 1.81. The quantitative estimate of drug-likeness (QED) is 0.682. The minimum Gasteiger partial charge on any atom is -0.480 e. The van der Waals surface area contributed by atoms with Crippen LogP contribution in [0.2, 0.25) is 0 Å². The molecule has 24 heavy (non-hydrogen) atoms. The van der Waals surface area contributed by atoms with Crippen molar-refractivity contribution in [2.45, 2.75) is 0 Å². The molecule has 0 unspecified atom stereocenters. The number of ether oxygens (including phenoxy) is 2. The summed E-state index contributed by atoms with van der Waals surface area (Å²) >= 11 is 3.31. The first-order chi connectivity index (χ1) is 11.6. The average Bonchev–Trinajstić information content (AvgIpc) is 2.64. The fourth-order valence-electron chi connectivity index (χ4n) is 2.19. The van der Waals surface area contributed by atoms with Gasteiger partial charge in [0.2, 0.25) is 5.88 Å². The Labute approximate surface area is 146 Å². The van der Waals surface area contributed by atoms with E-state index in [0.29, 0.717) is 27.2 Å². The summed E-state index contributed by atoms with van der Waals surface area (Å²) < 4.78 is 12.2. The second-order valence-electron chi connectivity index (χ2n) is 4.74. The van der Waals surface area contributed by atoms with E-state index >= 15 is 0 Å². The zero-order chi connectivity index (χ0) is 17.1. The van der Waals surface area contributed by atoms with E-state index in [1.807, 2.05) is 0 Å². The fourth-order valence-corrected chi connectivity index (χ4v) is 2.62. The van der Waals surface area contributed by atoms with Crippen LogP contribution in [0.25, 0.3) is 16.8 Å². The molecular weight excluding hydrogens is 376 g/mol. The van der Waals surface area contributed by atoms with Crippen LogP contribution in [0.3, 0.4) is 0 Å². The first-order valence-corrected chi connectivity index (χ1v) is 7.71. The van der Waals surface area contributed by atoms with Gasteiger partial charge >= 0.3 is 6.01 Å². The summed E-state index contributed by atoms with van der Waals surface area (Å²) in [5.74, 6) is 0.352. The topological polar surface area (TPSA) is 79.1 Å². The van der Waals surface area contributed by atoms with Crippen molar-refractivity contribution in [3.63, 3.8) is 0 Å². The van der Waals surface area contributed by atoms with Crippen molar-refractivity contribution in [2.24, 2.45) is 0 Å². The molecule has 3 rings (SSSR count). The van der Waals surface area contributed by atoms with Gasteiger partial charge in [-0.1, -0.05) is 0 Å². The van der Waals surface area contributed by atoms with Gasteiger partial charge in [-0.05, 0) is 34.1 Å². The van der Waals surface area contributed by atoms with E-state index in [0.717, 1.165) is 0 Å². The van der Waals surface area contributed by atoms with Crippen molar-refractivity contribution < 1.29 is 9.47 Å². The Morgan fingerprint density at radius 3 is 2.71 bits per heavy atom. The molecular formula is C16H13BrN4O3. The van der Waals surface area contributed by atoms with Gasteiger partial charge in [-0.3, -0.25) is 14.3 Å². The summed E-state index contributed by atoms with van der Waals surface area (Å²) in [6.07, 6.45) is 6.54. The number of halogens is 1. The Bertz CT molecular complexity index is 928. The molecule has 0 radical (unpaired) electrons. The molecule has 3 aromatic rings. The third-order valence-corrected chi connectivity index (χ3v) is 3.88. The number of methoxy groups -OCH3 is 2. The summed E-state index contributed by atoms with van der Waals surface area (Å²) in [5, 5.41) is 0. The van der Waals surface area contributed by atoms with E-state index in [-0.39, 0.29) is 11.6 Å². The number of pyridine rings is 2. The van der Waals surface area contributed by atoms with Gasteiger partial charge in [0.25, 0.3) is 5.56 Å². The zero-order valence-electron chi connectivity index (χ0n) is 12.9. The molecule has 0 saturated carbocycles. The molecule has 0 bridgehead atoms. The predicted molar refractivity (Wildman–Crippen MR) is 91.7 cm³/mol. The van der Waals surface area contributed by atoms with E-state index in [9.17, 15) is 4.79 Å². The third-order valence-electron chi connectivity index (χ3n) is 3.32. The highest BCUT2D eigenvalue weighted by Crippen LogP contribution is 2.30. The van der Waals surface area contributed by atoms with Gasteiger partial charge in [0.15, 0.2) is 0 Å². The summed E-state index contributed by atoms with van der Waals surface area (Å²) in [4.78, 5) is 24.7. The van der Waals surface area contributed by atoms with E-state index in [4.69, 9.17) is 9.47 Å². The van der Waals surface area contributed by atoms with E-state index in [2.05, 4.69) is 30.9 Å². The van der Waals surface area contributed by atoms with Gasteiger partial charge in [-0.15, -0.1) is 0 Å². The molecule has 0 saturated heterocycles. The second kappa shape index (κ2) is 6.79. The number of aromatic nitrogens is 4. The minimum atomic E-state index is -0.194. The van der Waals surface area contributed by atoms with Crippen LogP contribution in [0.5, 0.6) is 11.9 Å². The second-order valence-corrected chi connectivity index (χ2v) is 5.60. The summed E-state index contributed by atoms with van der Waals surface area (Å²) in [7, 11) is 2.99. The molecule has 0 aliphatic heterocycles. The highest BCUT2D eigenvalue weighted by Gasteiger charge is 2.14. The number of nitrogens with zero attached hydrogens (tertiary/aromatic N) is 4. The Balaban J connectivity index is 2.20. The zero-order valence-corrected chi connectivity index (χ0v) is 14.5. The lowest BCUT2D eigenvalue weighted by molar-refractivity contribution is 0.353. The van der Waals surface area contributed by atoms with Gasteiger partial charge in [0.05, 0.1) is 36.1 Å². The van der Waals surface area contributed by atoms with Gasteiger partial charge in [0.1, 0.15) is 0 Å². The van der Waals surface area contributed by atoms with Gasteiger partial charge < -0.3 is 9.47 Å². The Kier molecular flexibility index (Phi) is 4.57. The fraction of sp³-hybridized carbons (Fsp3) is 0.125. The van der Waals surface area contributed by atoms with Crippen molar-refractivity contribution in [3.8, 4) is 28.7 Å². The van der Waals surface area contributed by atoms with Crippen molar-refractivity contribution in [1.82, 2.24) is 19.5 Å². The molecule has 3 aromatic heterocycles. The van der Waals surface area contributed by atoms with E-state index in [1.54, 1.807) is 43.0 Å². The average molecular weight is 389 g/mol. The standard InChI is InChI=1S/C16H13BrN4O3/c1-23-14-12(8-19-16(20-14)24-2)10-6-13(17)15(22)21(9-10)11-4-3-5-18-7-11/h3-9H,1-2H3. The molecule has 3 heterocycles. The molecule has 0 atom stereocenters. The molecule has 0 aromatic carbocycles. The van der Waals surface area contributed by atoms with Gasteiger partial charge in [0, 0.05) is 24.2 Å². The SMILES string of the molecule is COc1ncc(-c2cc(Br)c(=O)n(-c3cccnc3)c2)c(OC)n1. The van der Waals surface area contributed by atoms with E-state index in [1.165, 1.54) is 18.8 Å². The van der Waals surface area contributed by atoms with Crippen molar-refractivity contribution in [1.29, 1.82) is 0 Å². The summed E-state index contributed by atoms with van der Waals surface area (Å²) in [6.45, 7) is 0. The molecule has 7 nitrogen and oxygen atoms in total. The maximum absolute atomic E-state index is 12.4. The Morgan fingerprint density at radius 1 is 1.21 bits per heavy atom. The first kappa shape index (κ1) is 16.1. The lowest BCUT2D eigenvalue weighted by Crippen LogP contribution is -2.18. The minimum absolute atomic E-state index is 0.194. The van der Waals surface area contributed by atoms with Crippen LogP contribution >= 0.6 is 15.9 Å². The van der Waals surface area contributed by atoms with Crippen LogP contribution in [0, 0.1) is 0 Å². The number of hydrogen-bond acceptors (Lipinski definition) is 6. The molecule has 0 N–H and O–H groups in total.